The van der Waals surface area contributed by atoms with E-state index < -0.39 is 0 Å². The van der Waals surface area contributed by atoms with Crippen LogP contribution in [0.15, 0.2) is 0 Å². The van der Waals surface area contributed by atoms with Crippen molar-refractivity contribution in [2.24, 2.45) is 11.8 Å². The first-order valence-electron chi connectivity index (χ1n) is 7.04. The molecule has 0 aliphatic heterocycles. The van der Waals surface area contributed by atoms with Gasteiger partial charge < -0.3 is 9.84 Å². The van der Waals surface area contributed by atoms with Crippen molar-refractivity contribution in [1.29, 1.82) is 0 Å². The molecule has 0 radical (unpaired) electrons. The highest BCUT2D eigenvalue weighted by Crippen LogP contribution is 2.31. The summed E-state index contributed by atoms with van der Waals surface area (Å²) in [7, 11) is 0. The standard InChI is InChI=1S/C14H26O2/c1-11-3-2-4-14(9-11)16-13-7-5-12(10-15)6-8-13/h11-15H,2-10H2,1H3. The largest absolute Gasteiger partial charge is 0.396 e. The fourth-order valence-corrected chi connectivity index (χ4v) is 3.22. The second kappa shape index (κ2) is 6.02. The van der Waals surface area contributed by atoms with Crippen molar-refractivity contribution in [3.63, 3.8) is 0 Å². The highest BCUT2D eigenvalue weighted by molar-refractivity contribution is 4.76. The van der Waals surface area contributed by atoms with Gasteiger partial charge in [-0.1, -0.05) is 19.8 Å². The SMILES string of the molecule is CC1CCCC(OC2CCC(CO)CC2)C1. The van der Waals surface area contributed by atoms with Crippen LogP contribution in [0.5, 0.6) is 0 Å². The molecule has 2 fully saturated rings. The summed E-state index contributed by atoms with van der Waals surface area (Å²) in [5.41, 5.74) is 0. The van der Waals surface area contributed by atoms with Gasteiger partial charge in [0.2, 0.25) is 0 Å². The van der Waals surface area contributed by atoms with Gasteiger partial charge in [0.25, 0.3) is 0 Å². The number of ether oxygens (including phenoxy) is 1. The predicted octanol–water partition coefficient (Wildman–Crippen LogP) is 3.13. The molecule has 94 valence electrons. The third-order valence-corrected chi connectivity index (χ3v) is 4.33. The van der Waals surface area contributed by atoms with Gasteiger partial charge in [0, 0.05) is 6.61 Å². The maximum atomic E-state index is 9.09. The molecule has 0 spiro atoms. The molecule has 0 saturated heterocycles. The van der Waals surface area contributed by atoms with Crippen molar-refractivity contribution in [1.82, 2.24) is 0 Å². The lowest BCUT2D eigenvalue weighted by molar-refractivity contribution is -0.0605. The lowest BCUT2D eigenvalue weighted by Crippen LogP contribution is -2.30. The van der Waals surface area contributed by atoms with Gasteiger partial charge >= 0.3 is 0 Å². The molecule has 1 N–H and O–H groups in total. The van der Waals surface area contributed by atoms with Crippen molar-refractivity contribution in [2.45, 2.75) is 70.5 Å². The second-order valence-corrected chi connectivity index (χ2v) is 5.86. The summed E-state index contributed by atoms with van der Waals surface area (Å²) in [6, 6.07) is 0. The first kappa shape index (κ1) is 12.4. The molecule has 2 aliphatic rings. The fraction of sp³-hybridized carbons (Fsp3) is 1.00. The number of aliphatic hydroxyl groups is 1. The van der Waals surface area contributed by atoms with Gasteiger partial charge in [-0.05, 0) is 50.4 Å². The van der Waals surface area contributed by atoms with E-state index >= 15 is 0 Å². The first-order chi connectivity index (χ1) is 7.78. The Hall–Kier alpha value is -0.0800. The quantitative estimate of drug-likeness (QED) is 0.801. The molecule has 2 atom stereocenters. The number of hydrogen-bond donors (Lipinski definition) is 1. The van der Waals surface area contributed by atoms with E-state index in [1.165, 1.54) is 25.7 Å². The Labute approximate surface area is 99.4 Å². The molecule has 16 heavy (non-hydrogen) atoms. The molecule has 2 heteroatoms. The zero-order chi connectivity index (χ0) is 11.4. The number of aliphatic hydroxyl groups excluding tert-OH is 1. The Morgan fingerprint density at radius 3 is 2.38 bits per heavy atom. The average Bonchev–Trinajstić information content (AvgIpc) is 2.30. The van der Waals surface area contributed by atoms with Gasteiger partial charge in [0.1, 0.15) is 0 Å². The van der Waals surface area contributed by atoms with Crippen molar-refractivity contribution in [2.75, 3.05) is 6.61 Å². The Morgan fingerprint density at radius 1 is 1.00 bits per heavy atom. The molecular formula is C14H26O2. The van der Waals surface area contributed by atoms with Crippen LogP contribution in [0.4, 0.5) is 0 Å². The molecule has 2 rings (SSSR count). The van der Waals surface area contributed by atoms with Crippen LogP contribution in [-0.2, 0) is 4.74 Å². The van der Waals surface area contributed by atoms with Crippen LogP contribution < -0.4 is 0 Å². The van der Waals surface area contributed by atoms with E-state index in [1.807, 2.05) is 0 Å². The third kappa shape index (κ3) is 3.46. The third-order valence-electron chi connectivity index (χ3n) is 4.33. The zero-order valence-electron chi connectivity index (χ0n) is 10.5. The van der Waals surface area contributed by atoms with Gasteiger partial charge in [0.15, 0.2) is 0 Å². The minimum atomic E-state index is 0.368. The van der Waals surface area contributed by atoms with Gasteiger partial charge in [0.05, 0.1) is 12.2 Å². The summed E-state index contributed by atoms with van der Waals surface area (Å²) >= 11 is 0. The van der Waals surface area contributed by atoms with Gasteiger partial charge in [-0.3, -0.25) is 0 Å². The summed E-state index contributed by atoms with van der Waals surface area (Å²) < 4.78 is 6.21. The summed E-state index contributed by atoms with van der Waals surface area (Å²) in [5.74, 6) is 1.40. The normalized spacial score (nSPS) is 40.9. The van der Waals surface area contributed by atoms with Crippen LogP contribution in [0.3, 0.4) is 0 Å². The van der Waals surface area contributed by atoms with Crippen LogP contribution in [0, 0.1) is 11.8 Å². The highest BCUT2D eigenvalue weighted by Gasteiger charge is 2.26. The summed E-state index contributed by atoms with van der Waals surface area (Å²) in [6.07, 6.45) is 10.9. The number of rotatable bonds is 3. The minimum absolute atomic E-state index is 0.368. The van der Waals surface area contributed by atoms with Crippen molar-refractivity contribution < 1.29 is 9.84 Å². The molecule has 2 nitrogen and oxygen atoms in total. The monoisotopic (exact) mass is 226 g/mol. The summed E-state index contributed by atoms with van der Waals surface area (Å²) in [4.78, 5) is 0. The zero-order valence-corrected chi connectivity index (χ0v) is 10.5. The molecule has 0 amide bonds. The maximum Gasteiger partial charge on any atom is 0.0581 e. The Kier molecular flexibility index (Phi) is 4.66. The van der Waals surface area contributed by atoms with Crippen molar-refractivity contribution in [3.8, 4) is 0 Å². The van der Waals surface area contributed by atoms with Crippen molar-refractivity contribution in [3.05, 3.63) is 0 Å². The van der Waals surface area contributed by atoms with Gasteiger partial charge in [-0.25, -0.2) is 0 Å². The van der Waals surface area contributed by atoms with Crippen LogP contribution >= 0.6 is 0 Å². The molecule has 0 aromatic rings. The topological polar surface area (TPSA) is 29.5 Å². The Morgan fingerprint density at radius 2 is 1.75 bits per heavy atom. The van der Waals surface area contributed by atoms with Crippen LogP contribution in [0.25, 0.3) is 0 Å². The minimum Gasteiger partial charge on any atom is -0.396 e. The molecule has 0 bridgehead atoms. The highest BCUT2D eigenvalue weighted by atomic mass is 16.5. The van der Waals surface area contributed by atoms with Crippen LogP contribution in [0.2, 0.25) is 0 Å². The Bertz CT molecular complexity index is 197. The molecule has 2 saturated carbocycles. The van der Waals surface area contributed by atoms with Crippen LogP contribution in [0.1, 0.15) is 58.3 Å². The molecule has 0 aromatic heterocycles. The predicted molar refractivity (Wildman–Crippen MR) is 65.3 cm³/mol. The van der Waals surface area contributed by atoms with Gasteiger partial charge in [-0.2, -0.15) is 0 Å². The summed E-state index contributed by atoms with van der Waals surface area (Å²) in [5, 5.41) is 9.09. The molecular weight excluding hydrogens is 200 g/mol. The number of hydrogen-bond acceptors (Lipinski definition) is 2. The van der Waals surface area contributed by atoms with E-state index in [1.54, 1.807) is 0 Å². The van der Waals surface area contributed by atoms with E-state index in [-0.39, 0.29) is 0 Å². The first-order valence-corrected chi connectivity index (χ1v) is 7.04. The molecule has 2 aliphatic carbocycles. The Balaban J connectivity index is 1.69. The van der Waals surface area contributed by atoms with E-state index in [0.717, 1.165) is 31.6 Å². The van der Waals surface area contributed by atoms with E-state index in [4.69, 9.17) is 9.84 Å². The van der Waals surface area contributed by atoms with Crippen molar-refractivity contribution >= 4 is 0 Å². The van der Waals surface area contributed by atoms with E-state index in [0.29, 0.717) is 24.7 Å². The summed E-state index contributed by atoms with van der Waals surface area (Å²) in [6.45, 7) is 2.71. The lowest BCUT2D eigenvalue weighted by Gasteiger charge is -2.34. The van der Waals surface area contributed by atoms with E-state index in [9.17, 15) is 0 Å². The lowest BCUT2D eigenvalue weighted by atomic mass is 9.86. The molecule has 0 heterocycles. The second-order valence-electron chi connectivity index (χ2n) is 5.86. The van der Waals surface area contributed by atoms with Gasteiger partial charge in [-0.15, -0.1) is 0 Å². The fourth-order valence-electron chi connectivity index (χ4n) is 3.22. The van der Waals surface area contributed by atoms with E-state index in [2.05, 4.69) is 6.92 Å². The smallest absolute Gasteiger partial charge is 0.0581 e. The molecule has 2 unspecified atom stereocenters. The maximum absolute atomic E-state index is 9.09. The average molecular weight is 226 g/mol. The molecule has 0 aromatic carbocycles. The van der Waals surface area contributed by atoms with Crippen LogP contribution in [-0.4, -0.2) is 23.9 Å².